The van der Waals surface area contributed by atoms with E-state index >= 15 is 8.78 Å². The summed E-state index contributed by atoms with van der Waals surface area (Å²) in [6.07, 6.45) is 0.597. The van der Waals surface area contributed by atoms with Gasteiger partial charge >= 0.3 is 5.97 Å². The van der Waals surface area contributed by atoms with Crippen LogP contribution < -0.4 is 0 Å². The zero-order valence-electron chi connectivity index (χ0n) is 23.6. The van der Waals surface area contributed by atoms with Crippen LogP contribution in [0.5, 0.6) is 0 Å². The number of carboxylic acid groups (broad SMARTS) is 1. The molecule has 9 nitrogen and oxygen atoms in total. The Hall–Kier alpha value is -5.00. The van der Waals surface area contributed by atoms with E-state index in [1.165, 1.54) is 38.5 Å². The van der Waals surface area contributed by atoms with Gasteiger partial charge < -0.3 is 10.0 Å². The van der Waals surface area contributed by atoms with E-state index in [0.29, 0.717) is 34.5 Å². The molecule has 1 N–H and O–H groups in total. The third-order valence-corrected chi connectivity index (χ3v) is 8.60. The molecule has 224 valence electrons. The molecule has 0 spiro atoms. The van der Waals surface area contributed by atoms with Crippen molar-refractivity contribution in [2.24, 2.45) is 5.92 Å². The molecule has 44 heavy (non-hydrogen) atoms. The van der Waals surface area contributed by atoms with Crippen molar-refractivity contribution in [1.29, 1.82) is 0 Å². The van der Waals surface area contributed by atoms with Crippen LogP contribution in [0.2, 0.25) is 0 Å². The zero-order valence-corrected chi connectivity index (χ0v) is 23.6. The standard InChI is InChI=1S/C32H27F3N6O3/c1-17-19-4-2-3-5-20(19)25(35)16-39(17)31(42)27-14-29(28-8-10-36-40(28)11-9-33)41-30(37-27)15-26(38-41)21-7-6-18(12-24(21)34)22-13-23(22)32(43)44/h2-8,10,12,14-15,17,22-23,25H,9,11,13,16H2,1H3,(H,43,44)/t17-,22-,23+,25-/m1/s1. The Kier molecular flexibility index (Phi) is 6.71. The number of carbonyl (C=O) groups excluding carboxylic acids is 1. The van der Waals surface area contributed by atoms with Gasteiger partial charge in [-0.1, -0.05) is 30.3 Å². The number of aryl methyl sites for hydroxylation is 1. The lowest BCUT2D eigenvalue weighted by molar-refractivity contribution is -0.138. The molecule has 1 saturated carbocycles. The van der Waals surface area contributed by atoms with E-state index in [9.17, 15) is 19.1 Å². The highest BCUT2D eigenvalue weighted by molar-refractivity contribution is 5.94. The fourth-order valence-corrected chi connectivity index (χ4v) is 6.19. The third-order valence-electron chi connectivity index (χ3n) is 8.60. The van der Waals surface area contributed by atoms with Crippen molar-refractivity contribution in [2.75, 3.05) is 13.2 Å². The van der Waals surface area contributed by atoms with Gasteiger partial charge in [0.05, 0.1) is 42.1 Å². The minimum absolute atomic E-state index is 0.0228. The van der Waals surface area contributed by atoms with Crippen LogP contribution in [0.25, 0.3) is 28.3 Å². The predicted molar refractivity (Wildman–Crippen MR) is 154 cm³/mol. The molecular weight excluding hydrogens is 573 g/mol. The fraction of sp³-hybridized carbons (Fsp3) is 0.281. The average molecular weight is 601 g/mol. The zero-order chi connectivity index (χ0) is 30.7. The second-order valence-corrected chi connectivity index (χ2v) is 11.2. The lowest BCUT2D eigenvalue weighted by Gasteiger charge is -2.36. The Morgan fingerprint density at radius 2 is 1.84 bits per heavy atom. The Bertz CT molecular complexity index is 1940. The molecule has 0 saturated heterocycles. The molecule has 1 amide bonds. The Morgan fingerprint density at radius 1 is 1.05 bits per heavy atom. The summed E-state index contributed by atoms with van der Waals surface area (Å²) >= 11 is 0. The largest absolute Gasteiger partial charge is 0.481 e. The van der Waals surface area contributed by atoms with E-state index in [-0.39, 0.29) is 41.6 Å². The van der Waals surface area contributed by atoms with Gasteiger partial charge in [0.2, 0.25) is 0 Å². The van der Waals surface area contributed by atoms with Crippen molar-refractivity contribution >= 4 is 17.5 Å². The number of halogens is 3. The van der Waals surface area contributed by atoms with Crippen LogP contribution in [0, 0.1) is 11.7 Å². The number of fused-ring (bicyclic) bond motifs is 2. The maximum atomic E-state index is 15.4. The second kappa shape index (κ2) is 10.6. The number of hydrogen-bond donors (Lipinski definition) is 1. The quantitative estimate of drug-likeness (QED) is 0.254. The molecule has 0 unspecified atom stereocenters. The normalized spacial score (nSPS) is 21.0. The van der Waals surface area contributed by atoms with Crippen molar-refractivity contribution in [1.82, 2.24) is 29.3 Å². The van der Waals surface area contributed by atoms with Crippen molar-refractivity contribution in [3.8, 4) is 22.6 Å². The molecule has 3 aromatic heterocycles. The summed E-state index contributed by atoms with van der Waals surface area (Å²) < 4.78 is 46.9. The summed E-state index contributed by atoms with van der Waals surface area (Å²) in [5.74, 6) is -2.72. The Balaban J connectivity index is 1.31. The molecule has 0 bridgehead atoms. The SMILES string of the molecule is C[C@@H]1c2ccccc2[C@H](F)CN1C(=O)c1cc(-c2ccnn2CCF)n2nc(-c3ccc([C@H]4C[C@@H]4C(=O)O)cc3F)cc2n1. The van der Waals surface area contributed by atoms with E-state index in [1.807, 2.05) is 6.92 Å². The number of hydrogen-bond acceptors (Lipinski definition) is 5. The van der Waals surface area contributed by atoms with Gasteiger partial charge in [-0.2, -0.15) is 10.2 Å². The second-order valence-electron chi connectivity index (χ2n) is 11.2. The Labute approximate surface area is 249 Å². The van der Waals surface area contributed by atoms with E-state index in [4.69, 9.17) is 0 Å². The number of amides is 1. The number of alkyl halides is 2. The van der Waals surface area contributed by atoms with Gasteiger partial charge in [0.1, 0.15) is 24.4 Å². The highest BCUT2D eigenvalue weighted by Gasteiger charge is 2.44. The van der Waals surface area contributed by atoms with Crippen LogP contribution in [0.15, 0.2) is 66.9 Å². The summed E-state index contributed by atoms with van der Waals surface area (Å²) in [6, 6.07) is 16.0. The van der Waals surface area contributed by atoms with Gasteiger partial charge in [-0.3, -0.25) is 14.3 Å². The van der Waals surface area contributed by atoms with Gasteiger partial charge in [0, 0.05) is 17.8 Å². The number of aromatic nitrogens is 5. The van der Waals surface area contributed by atoms with Crippen LogP contribution in [0.3, 0.4) is 0 Å². The molecule has 0 radical (unpaired) electrons. The van der Waals surface area contributed by atoms with Crippen LogP contribution in [-0.2, 0) is 11.3 Å². The number of rotatable bonds is 7. The maximum Gasteiger partial charge on any atom is 0.307 e. The highest BCUT2D eigenvalue weighted by Crippen LogP contribution is 2.48. The smallest absolute Gasteiger partial charge is 0.307 e. The predicted octanol–water partition coefficient (Wildman–Crippen LogP) is 5.78. The van der Waals surface area contributed by atoms with Crippen molar-refractivity contribution < 1.29 is 27.9 Å². The molecule has 4 heterocycles. The number of benzene rings is 2. The molecule has 4 atom stereocenters. The summed E-state index contributed by atoms with van der Waals surface area (Å²) in [7, 11) is 0. The first-order valence-corrected chi connectivity index (χ1v) is 14.3. The van der Waals surface area contributed by atoms with Gasteiger partial charge in [-0.15, -0.1) is 0 Å². The molecule has 1 fully saturated rings. The number of nitrogens with zero attached hydrogens (tertiary/aromatic N) is 6. The summed E-state index contributed by atoms with van der Waals surface area (Å²) in [6.45, 7) is 0.970. The topological polar surface area (TPSA) is 106 Å². The maximum absolute atomic E-state index is 15.4. The third kappa shape index (κ3) is 4.61. The first-order chi connectivity index (χ1) is 21.2. The first kappa shape index (κ1) is 27.8. The molecule has 2 aliphatic rings. The van der Waals surface area contributed by atoms with Crippen LogP contribution in [0.4, 0.5) is 13.2 Å². The van der Waals surface area contributed by atoms with Gasteiger partial charge in [-0.05, 0) is 60.2 Å². The molecule has 2 aromatic carbocycles. The van der Waals surface area contributed by atoms with Crippen LogP contribution in [0.1, 0.15) is 58.7 Å². The van der Waals surface area contributed by atoms with Gasteiger partial charge in [-0.25, -0.2) is 22.7 Å². The average Bonchev–Trinajstić information content (AvgIpc) is 3.51. The number of carboxylic acids is 1. The van der Waals surface area contributed by atoms with E-state index in [2.05, 4.69) is 15.2 Å². The molecular formula is C32H27F3N6O3. The lowest BCUT2D eigenvalue weighted by Crippen LogP contribution is -2.40. The summed E-state index contributed by atoms with van der Waals surface area (Å²) in [5.41, 5.74) is 3.36. The monoisotopic (exact) mass is 600 g/mol. The summed E-state index contributed by atoms with van der Waals surface area (Å²) in [4.78, 5) is 31.2. The number of carbonyl (C=O) groups is 2. The van der Waals surface area contributed by atoms with Crippen molar-refractivity contribution in [3.05, 3.63) is 95.1 Å². The van der Waals surface area contributed by atoms with Crippen molar-refractivity contribution in [2.45, 2.75) is 38.0 Å². The molecule has 7 rings (SSSR count). The molecule has 12 heteroatoms. The van der Waals surface area contributed by atoms with Crippen LogP contribution >= 0.6 is 0 Å². The van der Waals surface area contributed by atoms with Crippen molar-refractivity contribution in [3.63, 3.8) is 0 Å². The number of aliphatic carboxylic acids is 1. The van der Waals surface area contributed by atoms with E-state index in [1.54, 1.807) is 42.5 Å². The molecule has 5 aromatic rings. The first-order valence-electron chi connectivity index (χ1n) is 14.3. The lowest BCUT2D eigenvalue weighted by atomic mass is 9.92. The van der Waals surface area contributed by atoms with Crippen LogP contribution in [-0.4, -0.2) is 59.5 Å². The van der Waals surface area contributed by atoms with E-state index < -0.39 is 42.5 Å². The van der Waals surface area contributed by atoms with Gasteiger partial charge in [0.15, 0.2) is 5.65 Å². The fourth-order valence-electron chi connectivity index (χ4n) is 6.19. The Morgan fingerprint density at radius 3 is 2.57 bits per heavy atom. The minimum Gasteiger partial charge on any atom is -0.481 e. The van der Waals surface area contributed by atoms with E-state index in [0.717, 1.165) is 0 Å². The minimum atomic E-state index is -1.37. The summed E-state index contributed by atoms with van der Waals surface area (Å²) in [5, 5.41) is 18.1. The molecule has 1 aliphatic heterocycles. The van der Waals surface area contributed by atoms with Gasteiger partial charge in [0.25, 0.3) is 5.91 Å². The molecule has 1 aliphatic carbocycles. The highest BCUT2D eigenvalue weighted by atomic mass is 19.1.